The number of aryl methyl sites for hydroxylation is 1. The maximum absolute atomic E-state index is 8.97. The van der Waals surface area contributed by atoms with E-state index >= 15 is 0 Å². The van der Waals surface area contributed by atoms with Crippen LogP contribution in [0, 0.1) is 18.3 Å². The SMILES string of the molecule is Cc1cccc(Oc2ccc(N)cc2C#N)n1. The molecule has 0 unspecified atom stereocenters. The number of benzene rings is 1. The molecule has 0 saturated carbocycles. The van der Waals surface area contributed by atoms with E-state index in [9.17, 15) is 0 Å². The van der Waals surface area contributed by atoms with Crippen molar-refractivity contribution >= 4 is 5.69 Å². The smallest absolute Gasteiger partial charge is 0.219 e. The molecule has 0 amide bonds. The molecule has 17 heavy (non-hydrogen) atoms. The van der Waals surface area contributed by atoms with Crippen molar-refractivity contribution in [2.75, 3.05) is 5.73 Å². The van der Waals surface area contributed by atoms with E-state index in [0.717, 1.165) is 5.69 Å². The third kappa shape index (κ3) is 2.52. The third-order valence-electron chi connectivity index (χ3n) is 2.20. The average Bonchev–Trinajstić information content (AvgIpc) is 2.31. The van der Waals surface area contributed by atoms with Crippen molar-refractivity contribution in [1.82, 2.24) is 4.98 Å². The van der Waals surface area contributed by atoms with Crippen LogP contribution >= 0.6 is 0 Å². The molecule has 0 aliphatic heterocycles. The number of ether oxygens (including phenoxy) is 1. The van der Waals surface area contributed by atoms with Crippen molar-refractivity contribution < 1.29 is 4.74 Å². The molecule has 0 radical (unpaired) electrons. The summed E-state index contributed by atoms with van der Waals surface area (Å²) in [6, 6.07) is 12.4. The number of nitrogens with two attached hydrogens (primary N) is 1. The molecule has 4 heteroatoms. The summed E-state index contributed by atoms with van der Waals surface area (Å²) in [7, 11) is 0. The van der Waals surface area contributed by atoms with Crippen LogP contribution in [0.25, 0.3) is 0 Å². The highest BCUT2D eigenvalue weighted by molar-refractivity contribution is 5.53. The monoisotopic (exact) mass is 225 g/mol. The van der Waals surface area contributed by atoms with Crippen molar-refractivity contribution in [3.8, 4) is 17.7 Å². The van der Waals surface area contributed by atoms with Crippen molar-refractivity contribution in [3.05, 3.63) is 47.7 Å². The van der Waals surface area contributed by atoms with Crippen LogP contribution < -0.4 is 10.5 Å². The molecule has 2 rings (SSSR count). The van der Waals surface area contributed by atoms with E-state index in [1.54, 1.807) is 24.3 Å². The van der Waals surface area contributed by atoms with Gasteiger partial charge in [-0.25, -0.2) is 4.98 Å². The summed E-state index contributed by atoms with van der Waals surface area (Å²) in [4.78, 5) is 4.20. The molecular weight excluding hydrogens is 214 g/mol. The summed E-state index contributed by atoms with van der Waals surface area (Å²) in [5.74, 6) is 0.922. The van der Waals surface area contributed by atoms with E-state index in [0.29, 0.717) is 22.9 Å². The zero-order valence-corrected chi connectivity index (χ0v) is 9.34. The summed E-state index contributed by atoms with van der Waals surface area (Å²) in [6.07, 6.45) is 0. The van der Waals surface area contributed by atoms with Crippen LogP contribution in [-0.2, 0) is 0 Å². The molecule has 2 N–H and O–H groups in total. The number of nitrogens with zero attached hydrogens (tertiary/aromatic N) is 2. The van der Waals surface area contributed by atoms with E-state index in [2.05, 4.69) is 4.98 Å². The third-order valence-corrected chi connectivity index (χ3v) is 2.20. The lowest BCUT2D eigenvalue weighted by molar-refractivity contribution is 0.460. The Hall–Kier alpha value is -2.54. The van der Waals surface area contributed by atoms with Crippen LogP contribution in [0.15, 0.2) is 36.4 Å². The minimum absolute atomic E-state index is 0.397. The lowest BCUT2D eigenvalue weighted by Crippen LogP contribution is -1.93. The Morgan fingerprint density at radius 2 is 2.12 bits per heavy atom. The predicted octanol–water partition coefficient (Wildman–Crippen LogP) is 2.64. The molecule has 1 heterocycles. The molecule has 1 aromatic heterocycles. The molecule has 0 aliphatic rings. The van der Waals surface area contributed by atoms with Gasteiger partial charge in [0.1, 0.15) is 11.8 Å². The summed E-state index contributed by atoms with van der Waals surface area (Å²) in [5.41, 5.74) is 7.39. The first kappa shape index (κ1) is 11.0. The van der Waals surface area contributed by atoms with E-state index in [1.807, 2.05) is 25.1 Å². The van der Waals surface area contributed by atoms with Gasteiger partial charge in [-0.05, 0) is 31.2 Å². The highest BCUT2D eigenvalue weighted by Crippen LogP contribution is 2.25. The first-order chi connectivity index (χ1) is 8.19. The van der Waals surface area contributed by atoms with E-state index in [-0.39, 0.29) is 0 Å². The van der Waals surface area contributed by atoms with Gasteiger partial charge in [0.2, 0.25) is 5.88 Å². The first-order valence-corrected chi connectivity index (χ1v) is 5.10. The molecule has 1 aromatic carbocycles. The largest absolute Gasteiger partial charge is 0.438 e. The number of nitriles is 1. The lowest BCUT2D eigenvalue weighted by Gasteiger charge is -2.07. The topological polar surface area (TPSA) is 71.9 Å². The molecule has 0 atom stereocenters. The fourth-order valence-corrected chi connectivity index (χ4v) is 1.41. The Bertz CT molecular complexity index is 587. The van der Waals surface area contributed by atoms with Crippen LogP contribution in [0.2, 0.25) is 0 Å². The predicted molar refractivity (Wildman–Crippen MR) is 64.6 cm³/mol. The molecule has 4 nitrogen and oxygen atoms in total. The molecule has 0 bridgehead atoms. The lowest BCUT2D eigenvalue weighted by atomic mass is 10.2. The molecule has 0 spiro atoms. The first-order valence-electron chi connectivity index (χ1n) is 5.10. The van der Waals surface area contributed by atoms with Crippen LogP contribution in [0.5, 0.6) is 11.6 Å². The Kier molecular flexibility index (Phi) is 2.93. The van der Waals surface area contributed by atoms with E-state index in [1.165, 1.54) is 0 Å². The zero-order chi connectivity index (χ0) is 12.3. The van der Waals surface area contributed by atoms with Crippen molar-refractivity contribution in [1.29, 1.82) is 5.26 Å². The molecule has 0 fully saturated rings. The number of nitrogen functional groups attached to an aromatic ring is 1. The van der Waals surface area contributed by atoms with Gasteiger partial charge in [0.15, 0.2) is 0 Å². The van der Waals surface area contributed by atoms with Gasteiger partial charge in [0.25, 0.3) is 0 Å². The van der Waals surface area contributed by atoms with Gasteiger partial charge in [-0.3, -0.25) is 0 Å². The number of pyridine rings is 1. The number of anilines is 1. The fraction of sp³-hybridized carbons (Fsp3) is 0.0769. The highest BCUT2D eigenvalue weighted by Gasteiger charge is 2.05. The highest BCUT2D eigenvalue weighted by atomic mass is 16.5. The minimum Gasteiger partial charge on any atom is -0.438 e. The van der Waals surface area contributed by atoms with Crippen LogP contribution in [-0.4, -0.2) is 4.98 Å². The van der Waals surface area contributed by atoms with Gasteiger partial charge < -0.3 is 10.5 Å². The summed E-state index contributed by atoms with van der Waals surface area (Å²) >= 11 is 0. The molecule has 2 aromatic rings. The van der Waals surface area contributed by atoms with Crippen molar-refractivity contribution in [3.63, 3.8) is 0 Å². The maximum Gasteiger partial charge on any atom is 0.219 e. The Balaban J connectivity index is 2.34. The van der Waals surface area contributed by atoms with Gasteiger partial charge in [0.05, 0.1) is 5.56 Å². The van der Waals surface area contributed by atoms with Gasteiger partial charge in [0, 0.05) is 17.4 Å². The molecule has 0 saturated heterocycles. The summed E-state index contributed by atoms with van der Waals surface area (Å²) in [6.45, 7) is 1.88. The quantitative estimate of drug-likeness (QED) is 0.797. The molecule has 0 aliphatic carbocycles. The van der Waals surface area contributed by atoms with E-state index < -0.39 is 0 Å². The van der Waals surface area contributed by atoms with Crippen LogP contribution in [0.1, 0.15) is 11.3 Å². The zero-order valence-electron chi connectivity index (χ0n) is 9.34. The second-order valence-electron chi connectivity index (χ2n) is 3.59. The van der Waals surface area contributed by atoms with Gasteiger partial charge in [-0.2, -0.15) is 5.26 Å². The average molecular weight is 225 g/mol. The summed E-state index contributed by atoms with van der Waals surface area (Å²) in [5, 5.41) is 8.97. The maximum atomic E-state index is 8.97. The number of rotatable bonds is 2. The molecular formula is C13H11N3O. The van der Waals surface area contributed by atoms with Crippen molar-refractivity contribution in [2.45, 2.75) is 6.92 Å². The minimum atomic E-state index is 0.397. The fourth-order valence-electron chi connectivity index (χ4n) is 1.41. The Labute approximate surface area is 99.3 Å². The summed E-state index contributed by atoms with van der Waals surface area (Å²) < 4.78 is 5.55. The number of hydrogen-bond acceptors (Lipinski definition) is 4. The van der Waals surface area contributed by atoms with E-state index in [4.69, 9.17) is 15.7 Å². The Morgan fingerprint density at radius 1 is 1.29 bits per heavy atom. The standard InChI is InChI=1S/C13H11N3O/c1-9-3-2-4-13(16-9)17-12-6-5-11(15)7-10(12)8-14/h2-7H,15H2,1H3. The second-order valence-corrected chi connectivity index (χ2v) is 3.59. The van der Waals surface area contributed by atoms with Crippen LogP contribution in [0.4, 0.5) is 5.69 Å². The number of hydrogen-bond donors (Lipinski definition) is 1. The number of aromatic nitrogens is 1. The normalized spacial score (nSPS) is 9.65. The van der Waals surface area contributed by atoms with Crippen LogP contribution in [0.3, 0.4) is 0 Å². The second kappa shape index (κ2) is 4.54. The van der Waals surface area contributed by atoms with Gasteiger partial charge >= 0.3 is 0 Å². The van der Waals surface area contributed by atoms with Gasteiger partial charge in [-0.1, -0.05) is 6.07 Å². The van der Waals surface area contributed by atoms with Gasteiger partial charge in [-0.15, -0.1) is 0 Å². The Morgan fingerprint density at radius 3 is 2.82 bits per heavy atom. The van der Waals surface area contributed by atoms with Crippen molar-refractivity contribution in [2.24, 2.45) is 0 Å². The molecule has 84 valence electrons.